The van der Waals surface area contributed by atoms with Gasteiger partial charge in [-0.3, -0.25) is 9.59 Å². The van der Waals surface area contributed by atoms with Crippen molar-refractivity contribution in [1.29, 1.82) is 0 Å². The van der Waals surface area contributed by atoms with E-state index in [2.05, 4.69) is 29.0 Å². The largest absolute Gasteiger partial charge is 0.465 e. The van der Waals surface area contributed by atoms with E-state index in [9.17, 15) is 28.8 Å². The fourth-order valence-corrected chi connectivity index (χ4v) is 7.89. The van der Waals surface area contributed by atoms with Gasteiger partial charge in [0, 0.05) is 5.57 Å². The van der Waals surface area contributed by atoms with Gasteiger partial charge < -0.3 is 18.9 Å². The molecule has 0 amide bonds. The van der Waals surface area contributed by atoms with Crippen LogP contribution in [0.4, 0.5) is 0 Å². The lowest BCUT2D eigenvalue weighted by molar-refractivity contribution is -0.138. The van der Waals surface area contributed by atoms with Crippen LogP contribution >= 0.6 is 0 Å². The smallest absolute Gasteiger partial charge is 0.346 e. The molecule has 0 saturated carbocycles. The molecular formula is C46H32O10. The molecule has 5 aromatic carbocycles. The van der Waals surface area contributed by atoms with E-state index in [0.717, 1.165) is 33.4 Å². The predicted octanol–water partition coefficient (Wildman–Crippen LogP) is 7.35. The summed E-state index contributed by atoms with van der Waals surface area (Å²) >= 11 is 0. The highest BCUT2D eigenvalue weighted by molar-refractivity contribution is 6.15. The molecule has 0 bridgehead atoms. The number of fused-ring (bicyclic) bond motifs is 4. The molecule has 0 saturated heterocycles. The zero-order valence-corrected chi connectivity index (χ0v) is 30.4. The lowest BCUT2D eigenvalue weighted by Crippen LogP contribution is -2.29. The van der Waals surface area contributed by atoms with Crippen LogP contribution in [-0.4, -0.2) is 43.2 Å². The molecule has 3 aliphatic rings. The number of esters is 5. The molecular weight excluding hydrogens is 712 g/mol. The molecule has 0 radical (unpaired) electrons. The second-order valence-corrected chi connectivity index (χ2v) is 13.8. The molecule has 0 N–H and O–H groups in total. The Morgan fingerprint density at radius 2 is 1.29 bits per heavy atom. The van der Waals surface area contributed by atoms with Crippen molar-refractivity contribution >= 4 is 36.1 Å². The Balaban J connectivity index is 1.15. The Labute approximate surface area is 321 Å². The monoisotopic (exact) mass is 744 g/mol. The van der Waals surface area contributed by atoms with Crippen LogP contribution < -0.4 is 9.47 Å². The molecule has 1 atom stereocenters. The zero-order chi connectivity index (χ0) is 39.3. The van der Waals surface area contributed by atoms with Crippen LogP contribution in [0.1, 0.15) is 70.9 Å². The second-order valence-electron chi connectivity index (χ2n) is 13.8. The Bertz CT molecular complexity index is 2580. The molecule has 8 rings (SSSR count). The Kier molecular flexibility index (Phi) is 8.89. The van der Waals surface area contributed by atoms with Gasteiger partial charge in [0.1, 0.15) is 17.8 Å². The van der Waals surface area contributed by atoms with Crippen LogP contribution in [0.15, 0.2) is 126 Å². The number of rotatable bonds is 8. The van der Waals surface area contributed by atoms with Crippen molar-refractivity contribution in [3.63, 3.8) is 0 Å². The molecule has 1 heterocycles. The quantitative estimate of drug-likeness (QED) is 0.0673. The van der Waals surface area contributed by atoms with Crippen LogP contribution in [0.5, 0.6) is 11.5 Å². The van der Waals surface area contributed by atoms with Crippen LogP contribution in [0.25, 0.3) is 11.1 Å². The molecule has 1 aliphatic heterocycles. The number of benzene rings is 5. The number of hydrogen-bond acceptors (Lipinski definition) is 10. The minimum atomic E-state index is -0.833. The third kappa shape index (κ3) is 5.74. The van der Waals surface area contributed by atoms with Gasteiger partial charge in [0.2, 0.25) is 0 Å². The van der Waals surface area contributed by atoms with Crippen molar-refractivity contribution in [3.05, 3.63) is 176 Å². The van der Waals surface area contributed by atoms with E-state index < -0.39 is 41.2 Å². The molecule has 56 heavy (non-hydrogen) atoms. The Morgan fingerprint density at radius 3 is 1.88 bits per heavy atom. The van der Waals surface area contributed by atoms with Crippen molar-refractivity contribution in [2.45, 2.75) is 25.7 Å². The minimum Gasteiger partial charge on any atom is -0.465 e. The van der Waals surface area contributed by atoms with E-state index in [0.29, 0.717) is 28.9 Å². The molecule has 1 unspecified atom stereocenters. The number of aldehydes is 1. The highest BCUT2D eigenvalue weighted by Gasteiger charge is 2.46. The van der Waals surface area contributed by atoms with Crippen LogP contribution in [0.3, 0.4) is 0 Å². The fourth-order valence-electron chi connectivity index (χ4n) is 7.89. The Morgan fingerprint density at radius 1 is 0.696 bits per heavy atom. The van der Waals surface area contributed by atoms with Crippen molar-refractivity contribution < 1.29 is 47.7 Å². The summed E-state index contributed by atoms with van der Waals surface area (Å²) < 4.78 is 21.2. The molecule has 0 aromatic heterocycles. The predicted molar refractivity (Wildman–Crippen MR) is 202 cm³/mol. The first-order valence-corrected chi connectivity index (χ1v) is 17.8. The molecule has 2 aliphatic carbocycles. The van der Waals surface area contributed by atoms with Gasteiger partial charge in [0.05, 0.1) is 40.7 Å². The fraction of sp³-hybridized carbons (Fsp3) is 0.130. The second kappa shape index (κ2) is 13.9. The highest BCUT2D eigenvalue weighted by Crippen LogP contribution is 2.56. The summed E-state index contributed by atoms with van der Waals surface area (Å²) in [4.78, 5) is 74.6. The van der Waals surface area contributed by atoms with Crippen molar-refractivity contribution in [2.24, 2.45) is 5.92 Å². The lowest BCUT2D eigenvalue weighted by atomic mass is 9.67. The standard InChI is InChI=1S/C46H32O10/c1-25-20-30(14-18-39(25)54-41(48)27-12-16-32(43(50)53-3)29(22-27)24-47)46(37-10-6-4-8-33(37)34-9-5-7-11-38(34)46)31-15-19-40(26(2)21-31)55-42(49)28-13-17-35-36(23-28)45(52)56-44(35)51/h4-21,23-24,27H,22H2,1-3H3. The minimum absolute atomic E-state index is 0.00466. The summed E-state index contributed by atoms with van der Waals surface area (Å²) in [6.45, 7) is 3.70. The van der Waals surface area contributed by atoms with Gasteiger partial charge >= 0.3 is 29.8 Å². The number of allylic oxidation sites excluding steroid dienone is 1. The van der Waals surface area contributed by atoms with Gasteiger partial charge in [-0.05, 0) is 95.1 Å². The molecule has 0 spiro atoms. The number of ether oxygens (including phenoxy) is 4. The normalized spacial score (nSPS) is 16.0. The van der Waals surface area contributed by atoms with Crippen LogP contribution in [0, 0.1) is 19.8 Å². The number of carbonyl (C=O) groups excluding carboxylic acids is 6. The topological polar surface area (TPSA) is 139 Å². The van der Waals surface area contributed by atoms with Crippen molar-refractivity contribution in [1.82, 2.24) is 0 Å². The first-order valence-electron chi connectivity index (χ1n) is 17.8. The first-order chi connectivity index (χ1) is 27.0. The summed E-state index contributed by atoms with van der Waals surface area (Å²) in [7, 11) is 1.23. The van der Waals surface area contributed by atoms with Crippen LogP contribution in [0.2, 0.25) is 0 Å². The molecule has 0 fully saturated rings. The number of carbonyl (C=O) groups is 6. The van der Waals surface area contributed by atoms with Crippen LogP contribution in [-0.2, 0) is 29.3 Å². The van der Waals surface area contributed by atoms with Crippen molar-refractivity contribution in [2.75, 3.05) is 7.11 Å². The maximum absolute atomic E-state index is 13.4. The van der Waals surface area contributed by atoms with E-state index in [1.807, 2.05) is 62.4 Å². The van der Waals surface area contributed by atoms with Gasteiger partial charge in [-0.15, -0.1) is 0 Å². The summed E-state index contributed by atoms with van der Waals surface area (Å²) in [5, 5.41) is 0. The third-order valence-electron chi connectivity index (χ3n) is 10.6. The van der Waals surface area contributed by atoms with Gasteiger partial charge in [0.25, 0.3) is 0 Å². The highest BCUT2D eigenvalue weighted by atomic mass is 16.6. The zero-order valence-electron chi connectivity index (χ0n) is 30.4. The summed E-state index contributed by atoms with van der Waals surface area (Å²) in [6, 6.07) is 31.8. The molecule has 5 aromatic rings. The van der Waals surface area contributed by atoms with Gasteiger partial charge in [-0.25, -0.2) is 19.2 Å². The third-order valence-corrected chi connectivity index (χ3v) is 10.6. The average Bonchev–Trinajstić information content (AvgIpc) is 3.68. The summed E-state index contributed by atoms with van der Waals surface area (Å²) in [5.41, 5.74) is 7.02. The maximum atomic E-state index is 13.4. The van der Waals surface area contributed by atoms with E-state index in [-0.39, 0.29) is 34.3 Å². The number of methoxy groups -OCH3 is 1. The SMILES string of the molecule is COC(=O)C1=C(C=O)CC(C(=O)Oc2ccc(C3(c4ccc(OC(=O)c5ccc6c(c5)C(=O)OC6=O)c(C)c4)c4ccccc4-c4ccccc43)cc2C)C=C1. The van der Waals surface area contributed by atoms with Gasteiger partial charge in [0.15, 0.2) is 0 Å². The average molecular weight is 745 g/mol. The molecule has 276 valence electrons. The van der Waals surface area contributed by atoms with E-state index in [4.69, 9.17) is 14.2 Å². The summed E-state index contributed by atoms with van der Waals surface area (Å²) in [6.07, 6.45) is 3.52. The van der Waals surface area contributed by atoms with Gasteiger partial charge in [-0.1, -0.05) is 84.9 Å². The Hall–Kier alpha value is -7.20. The number of aryl methyl sites for hydroxylation is 2. The van der Waals surface area contributed by atoms with E-state index in [1.165, 1.54) is 31.4 Å². The first kappa shape index (κ1) is 35.8. The van der Waals surface area contributed by atoms with E-state index >= 15 is 0 Å². The lowest BCUT2D eigenvalue weighted by Gasteiger charge is -2.34. The maximum Gasteiger partial charge on any atom is 0.346 e. The number of hydrogen-bond donors (Lipinski definition) is 0. The van der Waals surface area contributed by atoms with E-state index in [1.54, 1.807) is 18.2 Å². The number of cyclic esters (lactones) is 2. The van der Waals surface area contributed by atoms with Gasteiger partial charge in [-0.2, -0.15) is 0 Å². The summed E-state index contributed by atoms with van der Waals surface area (Å²) in [5.74, 6) is -3.61. The molecule has 10 nitrogen and oxygen atoms in total. The molecule has 10 heteroatoms. The van der Waals surface area contributed by atoms with Crippen molar-refractivity contribution in [3.8, 4) is 22.6 Å².